The number of ether oxygens (including phenoxy) is 1. The maximum atomic E-state index is 10.4. The molecule has 0 unspecified atom stereocenters. The first-order chi connectivity index (χ1) is 7.09. The van der Waals surface area contributed by atoms with Crippen LogP contribution < -0.4 is 5.73 Å². The van der Waals surface area contributed by atoms with Crippen LogP contribution in [0, 0.1) is 0 Å². The number of amides is 1. The van der Waals surface area contributed by atoms with E-state index in [1.165, 1.54) is 0 Å². The van der Waals surface area contributed by atoms with Gasteiger partial charge in [0.2, 0.25) is 5.91 Å². The van der Waals surface area contributed by atoms with Gasteiger partial charge in [0.1, 0.15) is 0 Å². The Kier molecular flexibility index (Phi) is 4.88. The Hall–Kier alpha value is -0.770. The number of hydrogen-bond acceptors (Lipinski definition) is 2. The lowest BCUT2D eigenvalue weighted by atomic mass is 10.2. The van der Waals surface area contributed by atoms with Crippen molar-refractivity contribution in [3.8, 4) is 0 Å². The van der Waals surface area contributed by atoms with Crippen molar-refractivity contribution in [3.63, 3.8) is 0 Å². The number of nitrogens with two attached hydrogens (primary N) is 1. The second kappa shape index (κ2) is 5.95. The number of halogens is 2. The van der Waals surface area contributed by atoms with E-state index in [-0.39, 0.29) is 12.3 Å². The Morgan fingerprint density at radius 1 is 1.33 bits per heavy atom. The van der Waals surface area contributed by atoms with Gasteiger partial charge in [0.05, 0.1) is 23.3 Å². The average Bonchev–Trinajstić information content (AvgIpc) is 2.18. The van der Waals surface area contributed by atoms with Crippen molar-refractivity contribution in [2.24, 2.45) is 5.73 Å². The van der Waals surface area contributed by atoms with Gasteiger partial charge in [-0.15, -0.1) is 0 Å². The van der Waals surface area contributed by atoms with Crippen LogP contribution in [0.25, 0.3) is 0 Å². The minimum absolute atomic E-state index is 0.224. The maximum Gasteiger partial charge on any atom is 0.219 e. The van der Waals surface area contributed by atoms with Crippen molar-refractivity contribution in [2.45, 2.75) is 13.0 Å². The Balaban J connectivity index is 2.38. The molecule has 1 aromatic carbocycles. The fourth-order valence-electron chi connectivity index (χ4n) is 0.992. The van der Waals surface area contributed by atoms with Crippen LogP contribution >= 0.6 is 23.2 Å². The van der Waals surface area contributed by atoms with Gasteiger partial charge in [-0.25, -0.2) is 0 Å². The van der Waals surface area contributed by atoms with Crippen molar-refractivity contribution < 1.29 is 9.53 Å². The van der Waals surface area contributed by atoms with Crippen molar-refractivity contribution in [2.75, 3.05) is 6.61 Å². The molecule has 0 aliphatic heterocycles. The molecule has 1 rings (SSSR count). The lowest BCUT2D eigenvalue weighted by Gasteiger charge is -2.04. The molecule has 0 aromatic heterocycles. The normalized spacial score (nSPS) is 10.3. The van der Waals surface area contributed by atoms with Crippen molar-refractivity contribution in [1.82, 2.24) is 0 Å². The number of primary amides is 1. The highest BCUT2D eigenvalue weighted by molar-refractivity contribution is 6.42. The Labute approximate surface area is 98.1 Å². The van der Waals surface area contributed by atoms with Gasteiger partial charge in [0, 0.05) is 6.42 Å². The zero-order valence-corrected chi connectivity index (χ0v) is 9.52. The topological polar surface area (TPSA) is 52.3 Å². The highest BCUT2D eigenvalue weighted by Gasteiger charge is 2.00. The molecule has 3 nitrogen and oxygen atoms in total. The molecule has 1 aromatic rings. The average molecular weight is 248 g/mol. The fraction of sp³-hybridized carbons (Fsp3) is 0.300. The quantitative estimate of drug-likeness (QED) is 0.813. The molecule has 0 aliphatic rings. The monoisotopic (exact) mass is 247 g/mol. The third-order valence-corrected chi connectivity index (χ3v) is 2.48. The summed E-state index contributed by atoms with van der Waals surface area (Å²) in [7, 11) is 0. The third kappa shape index (κ3) is 4.51. The highest BCUT2D eigenvalue weighted by Crippen LogP contribution is 2.22. The molecule has 0 spiro atoms. The van der Waals surface area contributed by atoms with Crippen LogP contribution in [0.2, 0.25) is 10.0 Å². The predicted octanol–water partition coefficient (Wildman–Crippen LogP) is 2.39. The van der Waals surface area contributed by atoms with Crippen molar-refractivity contribution in [3.05, 3.63) is 33.8 Å². The summed E-state index contributed by atoms with van der Waals surface area (Å²) in [6, 6.07) is 5.25. The zero-order valence-electron chi connectivity index (χ0n) is 8.00. The summed E-state index contributed by atoms with van der Waals surface area (Å²) in [5.74, 6) is -0.371. The smallest absolute Gasteiger partial charge is 0.219 e. The number of carbonyl (C=O) groups excluding carboxylic acids is 1. The van der Waals surface area contributed by atoms with Crippen LogP contribution in [0.1, 0.15) is 12.0 Å². The lowest BCUT2D eigenvalue weighted by Crippen LogP contribution is -2.13. The van der Waals surface area contributed by atoms with Crippen LogP contribution in [0.4, 0.5) is 0 Å². The van der Waals surface area contributed by atoms with E-state index in [0.29, 0.717) is 23.3 Å². The van der Waals surface area contributed by atoms with Crippen LogP contribution in [0.15, 0.2) is 18.2 Å². The standard InChI is InChI=1S/C10H11Cl2NO2/c11-8-2-1-7(5-9(8)12)6-15-4-3-10(13)14/h1-2,5H,3-4,6H2,(H2,13,14). The molecule has 0 radical (unpaired) electrons. The van der Waals surface area contributed by atoms with E-state index < -0.39 is 0 Å². The summed E-state index contributed by atoms with van der Waals surface area (Å²) >= 11 is 11.6. The molecule has 0 atom stereocenters. The molecule has 0 bridgehead atoms. The summed E-state index contributed by atoms with van der Waals surface area (Å²) in [6.07, 6.45) is 0.224. The largest absolute Gasteiger partial charge is 0.376 e. The molecule has 0 saturated heterocycles. The second-order valence-electron chi connectivity index (χ2n) is 3.02. The first-order valence-electron chi connectivity index (χ1n) is 4.39. The van der Waals surface area contributed by atoms with E-state index in [2.05, 4.69) is 0 Å². The van der Waals surface area contributed by atoms with E-state index in [4.69, 9.17) is 33.7 Å². The van der Waals surface area contributed by atoms with Gasteiger partial charge in [0.15, 0.2) is 0 Å². The van der Waals surface area contributed by atoms with Crippen LogP contribution in [0.3, 0.4) is 0 Å². The molecule has 2 N–H and O–H groups in total. The van der Waals surface area contributed by atoms with Crippen LogP contribution in [-0.4, -0.2) is 12.5 Å². The first kappa shape index (κ1) is 12.3. The van der Waals surface area contributed by atoms with E-state index in [1.807, 2.05) is 6.07 Å². The number of benzene rings is 1. The van der Waals surface area contributed by atoms with Crippen LogP contribution in [0.5, 0.6) is 0 Å². The summed E-state index contributed by atoms with van der Waals surface area (Å²) in [6.45, 7) is 0.708. The van der Waals surface area contributed by atoms with Gasteiger partial charge >= 0.3 is 0 Å². The highest BCUT2D eigenvalue weighted by atomic mass is 35.5. The number of carbonyl (C=O) groups is 1. The summed E-state index contributed by atoms with van der Waals surface area (Å²) in [4.78, 5) is 10.4. The third-order valence-electron chi connectivity index (χ3n) is 1.75. The minimum Gasteiger partial charge on any atom is -0.376 e. The molecule has 0 saturated carbocycles. The summed E-state index contributed by atoms with van der Waals surface area (Å²) in [5.41, 5.74) is 5.87. The molecule has 0 fully saturated rings. The predicted molar refractivity (Wildman–Crippen MR) is 59.9 cm³/mol. The maximum absolute atomic E-state index is 10.4. The van der Waals surface area contributed by atoms with E-state index in [9.17, 15) is 4.79 Å². The molecule has 5 heteroatoms. The number of rotatable bonds is 5. The Bertz CT molecular complexity index is 355. The Morgan fingerprint density at radius 3 is 2.67 bits per heavy atom. The molecule has 82 valence electrons. The molecule has 15 heavy (non-hydrogen) atoms. The number of hydrogen-bond donors (Lipinski definition) is 1. The van der Waals surface area contributed by atoms with E-state index in [1.54, 1.807) is 12.1 Å². The molecular weight excluding hydrogens is 237 g/mol. The molecule has 0 heterocycles. The first-order valence-corrected chi connectivity index (χ1v) is 5.15. The van der Waals surface area contributed by atoms with Gasteiger partial charge < -0.3 is 10.5 Å². The summed E-state index contributed by atoms with van der Waals surface area (Å²) < 4.78 is 5.22. The molecule has 1 amide bonds. The van der Waals surface area contributed by atoms with Crippen LogP contribution in [-0.2, 0) is 16.1 Å². The van der Waals surface area contributed by atoms with Crippen molar-refractivity contribution in [1.29, 1.82) is 0 Å². The van der Waals surface area contributed by atoms with Gasteiger partial charge in [-0.05, 0) is 17.7 Å². The van der Waals surface area contributed by atoms with Gasteiger partial charge in [0.25, 0.3) is 0 Å². The minimum atomic E-state index is -0.371. The Morgan fingerprint density at radius 2 is 2.07 bits per heavy atom. The molecule has 0 aliphatic carbocycles. The van der Waals surface area contributed by atoms with Gasteiger partial charge in [-0.3, -0.25) is 4.79 Å². The van der Waals surface area contributed by atoms with E-state index >= 15 is 0 Å². The zero-order chi connectivity index (χ0) is 11.3. The SMILES string of the molecule is NC(=O)CCOCc1ccc(Cl)c(Cl)c1. The second-order valence-corrected chi connectivity index (χ2v) is 3.83. The summed E-state index contributed by atoms with van der Waals surface area (Å²) in [5, 5.41) is 1.00. The molecular formula is C10H11Cl2NO2. The lowest BCUT2D eigenvalue weighted by molar-refractivity contribution is -0.119. The van der Waals surface area contributed by atoms with Crippen molar-refractivity contribution >= 4 is 29.1 Å². The van der Waals surface area contributed by atoms with E-state index in [0.717, 1.165) is 5.56 Å². The van der Waals surface area contributed by atoms with Gasteiger partial charge in [-0.1, -0.05) is 29.3 Å². The fourth-order valence-corrected chi connectivity index (χ4v) is 1.31. The van der Waals surface area contributed by atoms with Gasteiger partial charge in [-0.2, -0.15) is 0 Å².